The Hall–Kier alpha value is -2.07. The smallest absolute Gasteiger partial charge is 0.126 e. The summed E-state index contributed by atoms with van der Waals surface area (Å²) in [5.41, 5.74) is 12.4. The Balaban J connectivity index is 2.14. The van der Waals surface area contributed by atoms with E-state index in [2.05, 4.69) is 55.5 Å². The van der Waals surface area contributed by atoms with Crippen LogP contribution in [0.5, 0.6) is 0 Å². The number of nitrogens with zero attached hydrogens (tertiary/aromatic N) is 2. The highest BCUT2D eigenvalue weighted by atomic mass is 32.1. The molecule has 0 unspecified atom stereocenters. The van der Waals surface area contributed by atoms with Crippen LogP contribution in [0.15, 0.2) is 35.8 Å². The molecule has 0 spiro atoms. The van der Waals surface area contributed by atoms with Crippen molar-refractivity contribution >= 4 is 17.0 Å². The molecule has 0 fully saturated rings. The van der Waals surface area contributed by atoms with Crippen LogP contribution in [-0.4, -0.2) is 9.78 Å². The lowest BCUT2D eigenvalue weighted by Gasteiger charge is -2.06. The summed E-state index contributed by atoms with van der Waals surface area (Å²) in [4.78, 5) is 1.14. The van der Waals surface area contributed by atoms with Gasteiger partial charge in [0.15, 0.2) is 0 Å². The van der Waals surface area contributed by atoms with Gasteiger partial charge in [0.25, 0.3) is 0 Å². The molecule has 0 bridgehead atoms. The summed E-state index contributed by atoms with van der Waals surface area (Å²) in [6.45, 7) is 6.26. The molecule has 0 saturated heterocycles. The van der Waals surface area contributed by atoms with E-state index in [4.69, 9.17) is 5.73 Å². The molecule has 2 aromatic heterocycles. The fourth-order valence-corrected chi connectivity index (χ4v) is 3.20. The van der Waals surface area contributed by atoms with Crippen molar-refractivity contribution in [1.82, 2.24) is 9.78 Å². The Bertz CT molecular complexity index is 768. The second-order valence-electron chi connectivity index (χ2n) is 5.10. The molecule has 0 saturated carbocycles. The summed E-state index contributed by atoms with van der Waals surface area (Å²) in [6, 6.07) is 8.44. The van der Waals surface area contributed by atoms with E-state index in [1.807, 2.05) is 10.9 Å². The number of aromatic nitrogens is 2. The van der Waals surface area contributed by atoms with Crippen LogP contribution < -0.4 is 5.73 Å². The number of aryl methyl sites for hydroxylation is 3. The molecule has 3 aromatic rings. The first-order valence-electron chi connectivity index (χ1n) is 6.53. The van der Waals surface area contributed by atoms with Crippen LogP contribution in [0.1, 0.15) is 16.7 Å². The monoisotopic (exact) mass is 283 g/mol. The third-order valence-corrected chi connectivity index (χ3v) is 4.45. The molecule has 2 N–H and O–H groups in total. The highest BCUT2D eigenvalue weighted by Gasteiger charge is 2.13. The largest absolute Gasteiger partial charge is 0.396 e. The number of thiophene rings is 1. The minimum absolute atomic E-state index is 0.719. The number of nitrogen functional groups attached to an aromatic ring is 1. The fraction of sp³-hybridized carbons (Fsp3) is 0.188. The van der Waals surface area contributed by atoms with E-state index >= 15 is 0 Å². The van der Waals surface area contributed by atoms with Crippen LogP contribution >= 0.6 is 11.3 Å². The second kappa shape index (κ2) is 4.80. The number of nitrogens with two attached hydrogens (primary N) is 1. The van der Waals surface area contributed by atoms with Gasteiger partial charge in [-0.05, 0) is 55.0 Å². The zero-order valence-electron chi connectivity index (χ0n) is 11.8. The molecule has 102 valence electrons. The van der Waals surface area contributed by atoms with Gasteiger partial charge in [-0.25, -0.2) is 4.68 Å². The molecule has 3 rings (SSSR count). The Labute approximate surface area is 122 Å². The van der Waals surface area contributed by atoms with Crippen LogP contribution in [0.3, 0.4) is 0 Å². The van der Waals surface area contributed by atoms with Crippen LogP contribution in [0.25, 0.3) is 16.3 Å². The second-order valence-corrected chi connectivity index (χ2v) is 6.02. The molecule has 0 atom stereocenters. The van der Waals surface area contributed by atoms with Crippen LogP contribution in [0.2, 0.25) is 0 Å². The Morgan fingerprint density at radius 1 is 1.10 bits per heavy atom. The molecule has 3 nitrogen and oxygen atoms in total. The number of hydrogen-bond acceptors (Lipinski definition) is 3. The zero-order chi connectivity index (χ0) is 14.3. The number of benzene rings is 1. The van der Waals surface area contributed by atoms with Crippen molar-refractivity contribution in [3.63, 3.8) is 0 Å². The molecule has 1 aromatic carbocycles. The summed E-state index contributed by atoms with van der Waals surface area (Å²) in [7, 11) is 0. The quantitative estimate of drug-likeness (QED) is 0.769. The molecule has 0 aliphatic rings. The summed E-state index contributed by atoms with van der Waals surface area (Å²) >= 11 is 1.68. The summed E-state index contributed by atoms with van der Waals surface area (Å²) in [5.74, 6) is 0. The average molecular weight is 283 g/mol. The first-order valence-corrected chi connectivity index (χ1v) is 7.41. The van der Waals surface area contributed by atoms with Gasteiger partial charge in [0.1, 0.15) is 5.69 Å². The van der Waals surface area contributed by atoms with Crippen molar-refractivity contribution in [1.29, 1.82) is 0 Å². The number of hydrogen-bond donors (Lipinski definition) is 1. The highest BCUT2D eigenvalue weighted by molar-refractivity contribution is 7.13. The van der Waals surface area contributed by atoms with E-state index in [1.165, 1.54) is 16.7 Å². The van der Waals surface area contributed by atoms with Crippen LogP contribution in [0, 0.1) is 20.8 Å². The van der Waals surface area contributed by atoms with Crippen molar-refractivity contribution in [3.05, 3.63) is 52.5 Å². The van der Waals surface area contributed by atoms with E-state index in [0.29, 0.717) is 0 Å². The Morgan fingerprint density at radius 2 is 1.90 bits per heavy atom. The number of rotatable bonds is 2. The van der Waals surface area contributed by atoms with Gasteiger partial charge in [-0.15, -0.1) is 11.3 Å². The molecule has 4 heteroatoms. The van der Waals surface area contributed by atoms with Gasteiger partial charge in [-0.2, -0.15) is 5.10 Å². The van der Waals surface area contributed by atoms with E-state index < -0.39 is 0 Å². The van der Waals surface area contributed by atoms with E-state index in [1.54, 1.807) is 11.3 Å². The van der Waals surface area contributed by atoms with Gasteiger partial charge < -0.3 is 5.73 Å². The standard InChI is InChI=1S/C16H17N3S/c1-10-4-5-11(2)14(8-10)19-9-13(17)15(18-19)16-12(3)6-7-20-16/h4-9H,17H2,1-3H3. The first-order chi connectivity index (χ1) is 9.56. The van der Waals surface area contributed by atoms with Crippen molar-refractivity contribution < 1.29 is 0 Å². The lowest BCUT2D eigenvalue weighted by Crippen LogP contribution is -1.98. The lowest BCUT2D eigenvalue weighted by atomic mass is 10.1. The topological polar surface area (TPSA) is 43.8 Å². The van der Waals surface area contributed by atoms with Crippen molar-refractivity contribution in [2.45, 2.75) is 20.8 Å². The molecule has 20 heavy (non-hydrogen) atoms. The minimum atomic E-state index is 0.719. The van der Waals surface area contributed by atoms with Crippen molar-refractivity contribution in [3.8, 4) is 16.3 Å². The molecule has 0 amide bonds. The molecular weight excluding hydrogens is 266 g/mol. The third-order valence-electron chi connectivity index (χ3n) is 3.43. The maximum absolute atomic E-state index is 6.15. The lowest BCUT2D eigenvalue weighted by molar-refractivity contribution is 0.875. The highest BCUT2D eigenvalue weighted by Crippen LogP contribution is 2.32. The van der Waals surface area contributed by atoms with E-state index in [9.17, 15) is 0 Å². The zero-order valence-corrected chi connectivity index (χ0v) is 12.7. The maximum atomic E-state index is 6.15. The fourth-order valence-electron chi connectivity index (χ4n) is 2.27. The van der Waals surface area contributed by atoms with Crippen molar-refractivity contribution in [2.24, 2.45) is 0 Å². The first kappa shape index (κ1) is 12.9. The van der Waals surface area contributed by atoms with Crippen molar-refractivity contribution in [2.75, 3.05) is 5.73 Å². The predicted molar refractivity (Wildman–Crippen MR) is 85.5 cm³/mol. The third kappa shape index (κ3) is 2.12. The summed E-state index contributed by atoms with van der Waals surface area (Å²) < 4.78 is 1.88. The van der Waals surface area contributed by atoms with Gasteiger partial charge in [0.2, 0.25) is 0 Å². The summed E-state index contributed by atoms with van der Waals surface area (Å²) in [5, 5.41) is 6.76. The number of anilines is 1. The van der Waals surface area contributed by atoms with E-state index in [-0.39, 0.29) is 0 Å². The van der Waals surface area contributed by atoms with Gasteiger partial charge >= 0.3 is 0 Å². The van der Waals surface area contributed by atoms with Crippen LogP contribution in [0.4, 0.5) is 5.69 Å². The normalized spacial score (nSPS) is 10.9. The molecule has 0 aliphatic heterocycles. The molecule has 2 heterocycles. The van der Waals surface area contributed by atoms with Gasteiger partial charge in [-0.3, -0.25) is 0 Å². The van der Waals surface area contributed by atoms with E-state index in [0.717, 1.165) is 21.9 Å². The Morgan fingerprint density at radius 3 is 2.60 bits per heavy atom. The van der Waals surface area contributed by atoms with Gasteiger partial charge in [0.05, 0.1) is 22.4 Å². The molecular formula is C16H17N3S. The van der Waals surface area contributed by atoms with Gasteiger partial charge in [0, 0.05) is 0 Å². The molecule has 0 radical (unpaired) electrons. The van der Waals surface area contributed by atoms with Gasteiger partial charge in [-0.1, -0.05) is 12.1 Å². The Kier molecular flexibility index (Phi) is 3.10. The summed E-state index contributed by atoms with van der Waals surface area (Å²) in [6.07, 6.45) is 1.90. The van der Waals surface area contributed by atoms with Crippen LogP contribution in [-0.2, 0) is 0 Å². The average Bonchev–Trinajstić information content (AvgIpc) is 2.98. The maximum Gasteiger partial charge on any atom is 0.126 e. The molecule has 0 aliphatic carbocycles. The predicted octanol–water partition coefficient (Wildman–Crippen LogP) is 4.11. The SMILES string of the molecule is Cc1ccc(C)c(-n2cc(N)c(-c3sccc3C)n2)c1. The minimum Gasteiger partial charge on any atom is -0.396 e.